The van der Waals surface area contributed by atoms with Gasteiger partial charge in [-0.3, -0.25) is 9.59 Å². The van der Waals surface area contributed by atoms with Crippen LogP contribution in [0.2, 0.25) is 0 Å². The highest BCUT2D eigenvalue weighted by Gasteiger charge is 2.20. The largest absolute Gasteiger partial charge is 0.481 e. The Labute approximate surface area is 84.1 Å². The number of hydrogen-bond acceptors (Lipinski definition) is 4. The first-order valence-corrected chi connectivity index (χ1v) is 4.08. The molecule has 0 amide bonds. The topological polar surface area (TPSA) is 105 Å². The van der Waals surface area contributed by atoms with E-state index in [-0.39, 0.29) is 24.2 Å². The fourth-order valence-corrected chi connectivity index (χ4v) is 1.03. The Morgan fingerprint density at radius 1 is 1.20 bits per heavy atom. The monoisotopic (exact) mass is 212 g/mol. The first kappa shape index (κ1) is 11.0. The van der Waals surface area contributed by atoms with Crippen LogP contribution in [0.1, 0.15) is 33.8 Å². The van der Waals surface area contributed by atoms with E-state index in [4.69, 9.17) is 14.6 Å². The molecule has 1 aromatic heterocycles. The van der Waals surface area contributed by atoms with Gasteiger partial charge < -0.3 is 14.6 Å². The minimum Gasteiger partial charge on any atom is -0.481 e. The van der Waals surface area contributed by atoms with Gasteiger partial charge in [-0.2, -0.15) is 0 Å². The van der Waals surface area contributed by atoms with Crippen molar-refractivity contribution in [2.24, 2.45) is 0 Å². The third-order valence-corrected chi connectivity index (χ3v) is 1.71. The Morgan fingerprint density at radius 3 is 2.40 bits per heavy atom. The van der Waals surface area contributed by atoms with E-state index in [1.54, 1.807) is 0 Å². The van der Waals surface area contributed by atoms with Crippen molar-refractivity contribution in [1.29, 1.82) is 0 Å². The van der Waals surface area contributed by atoms with Crippen molar-refractivity contribution in [3.05, 3.63) is 23.7 Å². The van der Waals surface area contributed by atoms with Crippen LogP contribution in [0.3, 0.4) is 0 Å². The van der Waals surface area contributed by atoms with Crippen LogP contribution < -0.4 is 0 Å². The smallest absolute Gasteiger partial charge is 0.339 e. The molecule has 2 N–H and O–H groups in total. The Morgan fingerprint density at radius 2 is 1.87 bits per heavy atom. The standard InChI is InChI=1S/C9H8O6/c10-6(1-2-7(11)12)8-5(9(13)14)3-4-15-8/h3-4H,1-2H2,(H,11,12)(H,13,14). The van der Waals surface area contributed by atoms with Crippen LogP contribution in [0.5, 0.6) is 0 Å². The number of aromatic carboxylic acids is 1. The van der Waals surface area contributed by atoms with Gasteiger partial charge in [-0.15, -0.1) is 0 Å². The molecule has 6 heteroatoms. The van der Waals surface area contributed by atoms with E-state index in [1.165, 1.54) is 0 Å². The molecule has 15 heavy (non-hydrogen) atoms. The minimum absolute atomic E-state index is 0.245. The molecular formula is C9H8O6. The lowest BCUT2D eigenvalue weighted by molar-refractivity contribution is -0.136. The molecule has 0 aliphatic rings. The summed E-state index contributed by atoms with van der Waals surface area (Å²) in [5.41, 5.74) is -0.245. The van der Waals surface area contributed by atoms with E-state index < -0.39 is 17.7 Å². The molecule has 0 spiro atoms. The number of rotatable bonds is 5. The first-order valence-electron chi connectivity index (χ1n) is 4.08. The third-order valence-electron chi connectivity index (χ3n) is 1.71. The van der Waals surface area contributed by atoms with Gasteiger partial charge in [0.1, 0.15) is 5.56 Å². The van der Waals surface area contributed by atoms with Crippen molar-refractivity contribution >= 4 is 17.7 Å². The quantitative estimate of drug-likeness (QED) is 0.706. The number of carbonyl (C=O) groups excluding carboxylic acids is 1. The van der Waals surface area contributed by atoms with Gasteiger partial charge in [0.2, 0.25) is 0 Å². The molecule has 1 aromatic rings. The molecule has 0 radical (unpaired) electrons. The molecule has 0 atom stereocenters. The van der Waals surface area contributed by atoms with E-state index in [1.807, 2.05) is 0 Å². The fraction of sp³-hybridized carbons (Fsp3) is 0.222. The second-order valence-electron chi connectivity index (χ2n) is 2.79. The van der Waals surface area contributed by atoms with Gasteiger partial charge in [0, 0.05) is 6.42 Å². The van der Waals surface area contributed by atoms with Crippen LogP contribution >= 0.6 is 0 Å². The molecule has 0 aliphatic carbocycles. The maximum absolute atomic E-state index is 11.3. The van der Waals surface area contributed by atoms with E-state index in [0.29, 0.717) is 0 Å². The zero-order valence-electron chi connectivity index (χ0n) is 7.60. The normalized spacial score (nSPS) is 9.87. The summed E-state index contributed by atoms with van der Waals surface area (Å²) < 4.78 is 4.70. The predicted octanol–water partition coefficient (Wildman–Crippen LogP) is 1.03. The molecular weight excluding hydrogens is 204 g/mol. The maximum atomic E-state index is 11.3. The van der Waals surface area contributed by atoms with Gasteiger partial charge in [-0.1, -0.05) is 0 Å². The average Bonchev–Trinajstić information content (AvgIpc) is 2.62. The average molecular weight is 212 g/mol. The van der Waals surface area contributed by atoms with Gasteiger partial charge in [0.05, 0.1) is 12.7 Å². The van der Waals surface area contributed by atoms with E-state index in [0.717, 1.165) is 12.3 Å². The summed E-state index contributed by atoms with van der Waals surface area (Å²) in [6, 6.07) is 1.15. The zero-order valence-corrected chi connectivity index (χ0v) is 7.60. The molecule has 0 fully saturated rings. The van der Waals surface area contributed by atoms with E-state index in [9.17, 15) is 14.4 Å². The summed E-state index contributed by atoms with van der Waals surface area (Å²) >= 11 is 0. The molecule has 0 aromatic carbocycles. The second kappa shape index (κ2) is 4.41. The second-order valence-corrected chi connectivity index (χ2v) is 2.79. The minimum atomic E-state index is -1.28. The molecule has 0 saturated heterocycles. The van der Waals surface area contributed by atoms with Crippen molar-refractivity contribution in [3.63, 3.8) is 0 Å². The summed E-state index contributed by atoms with van der Waals surface area (Å²) in [6.45, 7) is 0. The summed E-state index contributed by atoms with van der Waals surface area (Å²) in [5, 5.41) is 17.0. The number of Topliss-reactive ketones (excluding diaryl/α,β-unsaturated/α-hetero) is 1. The highest BCUT2D eigenvalue weighted by molar-refractivity contribution is 6.04. The Kier molecular flexibility index (Phi) is 3.22. The highest BCUT2D eigenvalue weighted by atomic mass is 16.4. The van der Waals surface area contributed by atoms with Gasteiger partial charge in [0.15, 0.2) is 11.5 Å². The van der Waals surface area contributed by atoms with Crippen molar-refractivity contribution in [2.75, 3.05) is 0 Å². The lowest BCUT2D eigenvalue weighted by Gasteiger charge is -1.96. The Hall–Kier alpha value is -2.11. The van der Waals surface area contributed by atoms with Crippen molar-refractivity contribution in [1.82, 2.24) is 0 Å². The zero-order chi connectivity index (χ0) is 11.4. The van der Waals surface area contributed by atoms with Crippen LogP contribution in [0.4, 0.5) is 0 Å². The van der Waals surface area contributed by atoms with Crippen LogP contribution in [-0.2, 0) is 4.79 Å². The van der Waals surface area contributed by atoms with Gasteiger partial charge >= 0.3 is 11.9 Å². The fourth-order valence-electron chi connectivity index (χ4n) is 1.03. The molecule has 1 rings (SSSR count). The van der Waals surface area contributed by atoms with Crippen molar-refractivity contribution in [3.8, 4) is 0 Å². The van der Waals surface area contributed by atoms with Gasteiger partial charge in [-0.05, 0) is 6.07 Å². The summed E-state index contributed by atoms with van der Waals surface area (Å²) in [5.74, 6) is -3.32. The number of carboxylic acids is 2. The third kappa shape index (κ3) is 2.67. The number of hydrogen-bond donors (Lipinski definition) is 2. The highest BCUT2D eigenvalue weighted by Crippen LogP contribution is 2.13. The number of ketones is 1. The molecule has 1 heterocycles. The number of carboxylic acid groups (broad SMARTS) is 2. The van der Waals surface area contributed by atoms with Gasteiger partial charge in [0.25, 0.3) is 0 Å². The molecule has 0 unspecified atom stereocenters. The Bertz CT molecular complexity index is 402. The summed E-state index contributed by atoms with van der Waals surface area (Å²) in [6.07, 6.45) is 0.458. The molecule has 0 aliphatic heterocycles. The van der Waals surface area contributed by atoms with Crippen LogP contribution in [0, 0.1) is 0 Å². The predicted molar refractivity (Wildman–Crippen MR) is 46.9 cm³/mol. The summed E-state index contributed by atoms with van der Waals surface area (Å²) in [4.78, 5) is 32.1. The van der Waals surface area contributed by atoms with Gasteiger partial charge in [-0.25, -0.2) is 4.79 Å². The molecule has 6 nitrogen and oxygen atoms in total. The molecule has 0 bridgehead atoms. The van der Waals surface area contributed by atoms with Crippen LogP contribution in [0.15, 0.2) is 16.7 Å². The first-order chi connectivity index (χ1) is 7.02. The number of carbonyl (C=O) groups is 3. The molecule has 80 valence electrons. The van der Waals surface area contributed by atoms with Crippen LogP contribution in [0.25, 0.3) is 0 Å². The number of aliphatic carboxylic acids is 1. The number of furan rings is 1. The van der Waals surface area contributed by atoms with E-state index >= 15 is 0 Å². The maximum Gasteiger partial charge on any atom is 0.339 e. The lowest BCUT2D eigenvalue weighted by Crippen LogP contribution is -2.07. The lowest BCUT2D eigenvalue weighted by atomic mass is 10.1. The SMILES string of the molecule is O=C(O)CCC(=O)c1occc1C(=O)O. The summed E-state index contributed by atoms with van der Waals surface area (Å²) in [7, 11) is 0. The van der Waals surface area contributed by atoms with E-state index in [2.05, 4.69) is 0 Å². The van der Waals surface area contributed by atoms with Crippen molar-refractivity contribution in [2.45, 2.75) is 12.8 Å². The van der Waals surface area contributed by atoms with Crippen LogP contribution in [-0.4, -0.2) is 27.9 Å². The molecule has 0 saturated carbocycles. The Balaban J connectivity index is 2.78. The van der Waals surface area contributed by atoms with Crippen molar-refractivity contribution < 1.29 is 29.0 Å².